The van der Waals surface area contributed by atoms with Gasteiger partial charge in [0.1, 0.15) is 5.15 Å². The van der Waals surface area contributed by atoms with Gasteiger partial charge in [-0.3, -0.25) is 4.79 Å². The van der Waals surface area contributed by atoms with E-state index in [-0.39, 0.29) is 11.0 Å². The van der Waals surface area contributed by atoms with Gasteiger partial charge in [-0.1, -0.05) is 25.4 Å². The zero-order chi connectivity index (χ0) is 12.0. The molecule has 15 heavy (non-hydrogen) atoms. The maximum absolute atomic E-state index is 10.6. The summed E-state index contributed by atoms with van der Waals surface area (Å²) in [4.78, 5) is 14.5. The van der Waals surface area contributed by atoms with Gasteiger partial charge in [0, 0.05) is 12.5 Å². The molecule has 0 radical (unpaired) electrons. The van der Waals surface area contributed by atoms with Gasteiger partial charge >= 0.3 is 5.97 Å². The van der Waals surface area contributed by atoms with Crippen molar-refractivity contribution in [2.75, 3.05) is 0 Å². The van der Waals surface area contributed by atoms with Gasteiger partial charge in [-0.25, -0.2) is 0 Å². The summed E-state index contributed by atoms with van der Waals surface area (Å²) >= 11 is 8.93. The lowest BCUT2D eigenvalue weighted by Crippen LogP contribution is -2.04. The van der Waals surface area contributed by atoms with Crippen molar-refractivity contribution in [3.05, 3.63) is 21.3 Å². The molecular weight excluding hydrogens is 281 g/mol. The van der Waals surface area contributed by atoms with E-state index in [0.29, 0.717) is 4.47 Å². The molecule has 1 heterocycles. The van der Waals surface area contributed by atoms with Crippen molar-refractivity contribution >= 4 is 33.5 Å². The Balaban J connectivity index is 0.000000921. The average molecular weight is 295 g/mol. The van der Waals surface area contributed by atoms with Gasteiger partial charge < -0.3 is 4.74 Å². The topological polar surface area (TPSA) is 39.2 Å². The molecule has 0 aliphatic carbocycles. The second-order valence-corrected chi connectivity index (χ2v) is 3.69. The molecule has 0 aliphatic heterocycles. The number of esters is 1. The number of carbonyl (C=O) groups is 1. The second-order valence-electron chi connectivity index (χ2n) is 2.48. The molecule has 0 saturated carbocycles. The number of nitrogens with zero attached hydrogens (tertiary/aromatic N) is 1. The molecule has 0 fully saturated rings. The van der Waals surface area contributed by atoms with Crippen molar-refractivity contribution in [2.24, 2.45) is 0 Å². The van der Waals surface area contributed by atoms with Crippen LogP contribution < -0.4 is 4.74 Å². The standard InChI is InChI=1S/C8H7BrClNO2.C2H6/c1-4-3-6(9)7(10)11-8(4)13-5(2)12;1-2/h3H,1-2H3;1-2H3. The first-order valence-electron chi connectivity index (χ1n) is 4.51. The van der Waals surface area contributed by atoms with Crippen LogP contribution in [0.3, 0.4) is 0 Å². The number of pyridine rings is 1. The Morgan fingerprint density at radius 1 is 1.53 bits per heavy atom. The third kappa shape index (κ3) is 4.62. The summed E-state index contributed by atoms with van der Waals surface area (Å²) in [5.74, 6) is -0.158. The number of aromatic nitrogens is 1. The lowest BCUT2D eigenvalue weighted by Gasteiger charge is -2.05. The van der Waals surface area contributed by atoms with Gasteiger partial charge in [0.2, 0.25) is 5.88 Å². The van der Waals surface area contributed by atoms with Gasteiger partial charge in [-0.2, -0.15) is 4.98 Å². The van der Waals surface area contributed by atoms with Crippen LogP contribution in [-0.4, -0.2) is 11.0 Å². The molecule has 0 aromatic carbocycles. The van der Waals surface area contributed by atoms with Crippen molar-refractivity contribution in [1.29, 1.82) is 0 Å². The minimum Gasteiger partial charge on any atom is -0.407 e. The van der Waals surface area contributed by atoms with Crippen LogP contribution in [0.1, 0.15) is 26.3 Å². The molecule has 0 N–H and O–H groups in total. The molecule has 1 aromatic heterocycles. The van der Waals surface area contributed by atoms with Gasteiger partial charge in [0.15, 0.2) is 0 Å². The van der Waals surface area contributed by atoms with E-state index < -0.39 is 5.97 Å². The minimum atomic E-state index is -0.408. The Labute approximate surface area is 103 Å². The maximum atomic E-state index is 10.6. The number of ether oxygens (including phenoxy) is 1. The summed E-state index contributed by atoms with van der Waals surface area (Å²) in [5, 5.41) is 0.279. The van der Waals surface area contributed by atoms with Gasteiger partial charge in [-0.15, -0.1) is 0 Å². The lowest BCUT2D eigenvalue weighted by atomic mass is 10.3. The van der Waals surface area contributed by atoms with E-state index in [1.807, 2.05) is 13.8 Å². The van der Waals surface area contributed by atoms with Crippen molar-refractivity contribution in [1.82, 2.24) is 4.98 Å². The predicted octanol–water partition coefficient (Wildman–Crippen LogP) is 3.76. The molecule has 1 aromatic rings. The smallest absolute Gasteiger partial charge is 0.309 e. The highest BCUT2D eigenvalue weighted by Crippen LogP contribution is 2.26. The first-order chi connectivity index (χ1) is 7.00. The fourth-order valence-corrected chi connectivity index (χ4v) is 1.34. The van der Waals surface area contributed by atoms with Crippen molar-refractivity contribution in [2.45, 2.75) is 27.7 Å². The van der Waals surface area contributed by atoms with Crippen molar-refractivity contribution < 1.29 is 9.53 Å². The zero-order valence-electron chi connectivity index (χ0n) is 9.10. The lowest BCUT2D eigenvalue weighted by molar-refractivity contribution is -0.132. The Kier molecular flexibility index (Phi) is 6.52. The number of hydrogen-bond donors (Lipinski definition) is 0. The van der Waals surface area contributed by atoms with Crippen LogP contribution in [0.25, 0.3) is 0 Å². The van der Waals surface area contributed by atoms with Gasteiger partial charge in [-0.05, 0) is 28.9 Å². The van der Waals surface area contributed by atoms with E-state index in [2.05, 4.69) is 20.9 Å². The van der Waals surface area contributed by atoms with Gasteiger partial charge in [0.25, 0.3) is 0 Å². The van der Waals surface area contributed by atoms with E-state index in [4.69, 9.17) is 16.3 Å². The summed E-state index contributed by atoms with van der Waals surface area (Å²) in [6, 6.07) is 1.74. The van der Waals surface area contributed by atoms with E-state index in [9.17, 15) is 4.79 Å². The molecule has 0 atom stereocenters. The van der Waals surface area contributed by atoms with Crippen LogP contribution in [0.5, 0.6) is 5.88 Å². The Bertz CT molecular complexity index is 356. The predicted molar refractivity (Wildman–Crippen MR) is 64.3 cm³/mol. The summed E-state index contributed by atoms with van der Waals surface area (Å²) in [7, 11) is 0. The molecule has 1 rings (SSSR count). The maximum Gasteiger partial charge on any atom is 0.309 e. The number of halogens is 2. The summed E-state index contributed by atoms with van der Waals surface area (Å²) in [6.45, 7) is 7.10. The van der Waals surface area contributed by atoms with Crippen LogP contribution in [-0.2, 0) is 4.79 Å². The molecule has 0 unspecified atom stereocenters. The molecule has 84 valence electrons. The van der Waals surface area contributed by atoms with Crippen LogP contribution in [0.4, 0.5) is 0 Å². The number of rotatable bonds is 1. The fraction of sp³-hybridized carbons (Fsp3) is 0.400. The first kappa shape index (κ1) is 14.4. The Hall–Kier alpha value is -0.610. The molecule has 0 saturated heterocycles. The highest BCUT2D eigenvalue weighted by atomic mass is 79.9. The van der Waals surface area contributed by atoms with Gasteiger partial charge in [0.05, 0.1) is 4.47 Å². The van der Waals surface area contributed by atoms with Crippen molar-refractivity contribution in [3.63, 3.8) is 0 Å². The van der Waals surface area contributed by atoms with E-state index in [1.165, 1.54) is 6.92 Å². The normalized spacial score (nSPS) is 8.93. The second kappa shape index (κ2) is 6.80. The quantitative estimate of drug-likeness (QED) is 0.585. The fourth-order valence-electron chi connectivity index (χ4n) is 0.782. The third-order valence-electron chi connectivity index (χ3n) is 1.32. The van der Waals surface area contributed by atoms with Crippen LogP contribution >= 0.6 is 27.5 Å². The molecule has 0 spiro atoms. The highest BCUT2D eigenvalue weighted by molar-refractivity contribution is 9.10. The molecule has 5 heteroatoms. The minimum absolute atomic E-state index is 0.251. The highest BCUT2D eigenvalue weighted by Gasteiger charge is 2.08. The number of aryl methyl sites for hydroxylation is 1. The van der Waals surface area contributed by atoms with Crippen LogP contribution in [0.2, 0.25) is 5.15 Å². The summed E-state index contributed by atoms with van der Waals surface area (Å²) in [5.41, 5.74) is 0.756. The Morgan fingerprint density at radius 3 is 2.53 bits per heavy atom. The SMILES string of the molecule is CC.CC(=O)Oc1nc(Cl)c(Br)cc1C. The number of carbonyl (C=O) groups excluding carboxylic acids is 1. The van der Waals surface area contributed by atoms with Crippen LogP contribution in [0.15, 0.2) is 10.5 Å². The van der Waals surface area contributed by atoms with Crippen molar-refractivity contribution in [3.8, 4) is 5.88 Å². The zero-order valence-corrected chi connectivity index (χ0v) is 11.4. The van der Waals surface area contributed by atoms with E-state index in [1.54, 1.807) is 13.0 Å². The Morgan fingerprint density at radius 2 is 2.07 bits per heavy atom. The monoisotopic (exact) mass is 293 g/mol. The van der Waals surface area contributed by atoms with E-state index >= 15 is 0 Å². The molecule has 0 aliphatic rings. The molecule has 0 amide bonds. The van der Waals surface area contributed by atoms with E-state index in [0.717, 1.165) is 5.56 Å². The largest absolute Gasteiger partial charge is 0.407 e. The molecular formula is C10H13BrClNO2. The average Bonchev–Trinajstić information content (AvgIpc) is 2.17. The van der Waals surface area contributed by atoms with Crippen LogP contribution in [0, 0.1) is 6.92 Å². The third-order valence-corrected chi connectivity index (χ3v) is 2.44. The number of hydrogen-bond acceptors (Lipinski definition) is 3. The molecule has 3 nitrogen and oxygen atoms in total. The summed E-state index contributed by atoms with van der Waals surface area (Å²) < 4.78 is 5.51. The molecule has 0 bridgehead atoms. The first-order valence-corrected chi connectivity index (χ1v) is 5.69. The summed E-state index contributed by atoms with van der Waals surface area (Å²) in [6.07, 6.45) is 0.